The van der Waals surface area contributed by atoms with Gasteiger partial charge in [0.15, 0.2) is 0 Å². The minimum absolute atomic E-state index is 0.115. The zero-order valence-electron chi connectivity index (χ0n) is 11.5. The Labute approximate surface area is 114 Å². The van der Waals surface area contributed by atoms with E-state index in [1.165, 1.54) is 11.3 Å². The average molecular weight is 269 g/mol. The van der Waals surface area contributed by atoms with Gasteiger partial charge >= 0.3 is 12.0 Å². The van der Waals surface area contributed by atoms with Crippen molar-refractivity contribution in [2.45, 2.75) is 32.2 Å². The van der Waals surface area contributed by atoms with E-state index < -0.39 is 5.97 Å². The molecule has 1 unspecified atom stereocenters. The van der Waals surface area contributed by atoms with Crippen LogP contribution in [0.3, 0.4) is 0 Å². The molecule has 0 radical (unpaired) electrons. The van der Waals surface area contributed by atoms with Gasteiger partial charge in [0.1, 0.15) is 6.54 Å². The highest BCUT2D eigenvalue weighted by atomic mass is 16.4. The highest BCUT2D eigenvalue weighted by Crippen LogP contribution is 2.22. The molecule has 0 aromatic rings. The largest absolute Gasteiger partial charge is 0.480 e. The molecule has 108 valence electrons. The van der Waals surface area contributed by atoms with Crippen LogP contribution in [0.25, 0.3) is 0 Å². The zero-order valence-corrected chi connectivity index (χ0v) is 11.5. The number of aliphatic carboxylic acids is 1. The van der Waals surface area contributed by atoms with Crippen molar-refractivity contribution >= 4 is 12.0 Å². The molecule has 6 heteroatoms. The summed E-state index contributed by atoms with van der Waals surface area (Å²) in [4.78, 5) is 28.9. The van der Waals surface area contributed by atoms with E-state index in [0.29, 0.717) is 12.6 Å². The molecular formula is C13H23N3O3. The fourth-order valence-electron chi connectivity index (χ4n) is 3.04. The number of urea groups is 1. The Hall–Kier alpha value is -1.30. The summed E-state index contributed by atoms with van der Waals surface area (Å²) in [6.07, 6.45) is 3.14. The molecule has 2 fully saturated rings. The van der Waals surface area contributed by atoms with Gasteiger partial charge in [-0.15, -0.1) is 0 Å². The summed E-state index contributed by atoms with van der Waals surface area (Å²) in [5, 5.41) is 8.89. The summed E-state index contributed by atoms with van der Waals surface area (Å²) >= 11 is 0. The number of amides is 2. The molecule has 0 aliphatic carbocycles. The van der Waals surface area contributed by atoms with E-state index in [1.807, 2.05) is 11.8 Å². The summed E-state index contributed by atoms with van der Waals surface area (Å²) in [5.74, 6) is -0.943. The molecule has 0 bridgehead atoms. The highest BCUT2D eigenvalue weighted by molar-refractivity contribution is 5.80. The molecule has 1 atom stereocenters. The third-order valence-corrected chi connectivity index (χ3v) is 3.95. The first-order valence-corrected chi connectivity index (χ1v) is 7.11. The zero-order chi connectivity index (χ0) is 13.8. The minimum Gasteiger partial charge on any atom is -0.480 e. The van der Waals surface area contributed by atoms with E-state index in [0.717, 1.165) is 39.0 Å². The number of piperazine rings is 1. The first kappa shape index (κ1) is 14.1. The second-order valence-electron chi connectivity index (χ2n) is 5.38. The van der Waals surface area contributed by atoms with Gasteiger partial charge in [-0.25, -0.2) is 4.79 Å². The third-order valence-electron chi connectivity index (χ3n) is 3.95. The van der Waals surface area contributed by atoms with Crippen LogP contribution in [0.1, 0.15) is 26.2 Å². The van der Waals surface area contributed by atoms with Crippen LogP contribution >= 0.6 is 0 Å². The second-order valence-corrected chi connectivity index (χ2v) is 5.38. The molecule has 19 heavy (non-hydrogen) atoms. The van der Waals surface area contributed by atoms with E-state index in [9.17, 15) is 9.59 Å². The SMILES string of the molecule is CCCN(CC(=O)O)C(=O)N1CCN2CCCC2C1. The lowest BCUT2D eigenvalue weighted by atomic mass is 10.1. The topological polar surface area (TPSA) is 64.1 Å². The number of rotatable bonds is 4. The lowest BCUT2D eigenvalue weighted by Gasteiger charge is -2.39. The standard InChI is InChI=1S/C13H23N3O3/c1-2-5-15(10-12(17)18)13(19)16-8-7-14-6-3-4-11(14)9-16/h11H,2-10H2,1H3,(H,17,18). The number of hydrogen-bond donors (Lipinski definition) is 1. The number of carboxylic acid groups (broad SMARTS) is 1. The summed E-state index contributed by atoms with van der Waals surface area (Å²) in [6.45, 7) is 5.79. The van der Waals surface area contributed by atoms with Crippen molar-refractivity contribution in [1.29, 1.82) is 0 Å². The maximum atomic E-state index is 12.4. The first-order chi connectivity index (χ1) is 9.11. The maximum absolute atomic E-state index is 12.4. The number of fused-ring (bicyclic) bond motifs is 1. The molecule has 1 N–H and O–H groups in total. The molecule has 0 aromatic heterocycles. The van der Waals surface area contributed by atoms with Crippen molar-refractivity contribution in [3.8, 4) is 0 Å². The summed E-state index contributed by atoms with van der Waals surface area (Å²) in [6, 6.07) is 0.363. The van der Waals surface area contributed by atoms with Crippen LogP contribution in [0, 0.1) is 0 Å². The van der Waals surface area contributed by atoms with Crippen molar-refractivity contribution in [2.75, 3.05) is 39.3 Å². The predicted octanol–water partition coefficient (Wildman–Crippen LogP) is 0.683. The summed E-state index contributed by atoms with van der Waals surface area (Å²) in [5.41, 5.74) is 0. The fourth-order valence-corrected chi connectivity index (χ4v) is 3.04. The Morgan fingerprint density at radius 1 is 1.32 bits per heavy atom. The van der Waals surface area contributed by atoms with Crippen LogP contribution < -0.4 is 0 Å². The molecule has 0 spiro atoms. The van der Waals surface area contributed by atoms with Gasteiger partial charge in [0, 0.05) is 32.2 Å². The van der Waals surface area contributed by atoms with Crippen LogP contribution in [0.4, 0.5) is 4.79 Å². The van der Waals surface area contributed by atoms with E-state index in [4.69, 9.17) is 5.11 Å². The van der Waals surface area contributed by atoms with Crippen LogP contribution in [0.15, 0.2) is 0 Å². The van der Waals surface area contributed by atoms with Crippen molar-refractivity contribution < 1.29 is 14.7 Å². The van der Waals surface area contributed by atoms with E-state index in [2.05, 4.69) is 4.90 Å². The molecule has 2 saturated heterocycles. The number of carbonyl (C=O) groups is 2. The van der Waals surface area contributed by atoms with E-state index in [-0.39, 0.29) is 12.6 Å². The number of hydrogen-bond acceptors (Lipinski definition) is 3. The molecule has 2 aliphatic heterocycles. The van der Waals surface area contributed by atoms with Crippen LogP contribution in [0.5, 0.6) is 0 Å². The van der Waals surface area contributed by atoms with Crippen LogP contribution in [0.2, 0.25) is 0 Å². The van der Waals surface area contributed by atoms with Gasteiger partial charge < -0.3 is 14.9 Å². The van der Waals surface area contributed by atoms with Crippen molar-refractivity contribution in [2.24, 2.45) is 0 Å². The maximum Gasteiger partial charge on any atom is 0.323 e. The first-order valence-electron chi connectivity index (χ1n) is 7.11. The molecule has 0 aromatic carbocycles. The van der Waals surface area contributed by atoms with Crippen molar-refractivity contribution in [3.63, 3.8) is 0 Å². The van der Waals surface area contributed by atoms with Crippen molar-refractivity contribution in [1.82, 2.24) is 14.7 Å². The Bertz CT molecular complexity index is 348. The minimum atomic E-state index is -0.943. The van der Waals surface area contributed by atoms with E-state index >= 15 is 0 Å². The normalized spacial score (nSPS) is 23.2. The van der Waals surface area contributed by atoms with Gasteiger partial charge in [0.05, 0.1) is 0 Å². The summed E-state index contributed by atoms with van der Waals surface area (Å²) in [7, 11) is 0. The van der Waals surface area contributed by atoms with Crippen LogP contribution in [-0.4, -0.2) is 77.1 Å². The van der Waals surface area contributed by atoms with Gasteiger partial charge in [-0.2, -0.15) is 0 Å². The lowest BCUT2D eigenvalue weighted by molar-refractivity contribution is -0.137. The Balaban J connectivity index is 1.94. The highest BCUT2D eigenvalue weighted by Gasteiger charge is 2.34. The fraction of sp³-hybridized carbons (Fsp3) is 0.846. The summed E-state index contributed by atoms with van der Waals surface area (Å²) < 4.78 is 0. The quantitative estimate of drug-likeness (QED) is 0.815. The Morgan fingerprint density at radius 2 is 2.11 bits per heavy atom. The second kappa shape index (κ2) is 6.23. The smallest absolute Gasteiger partial charge is 0.323 e. The molecule has 0 saturated carbocycles. The predicted molar refractivity (Wildman–Crippen MR) is 71.1 cm³/mol. The average Bonchev–Trinajstić information content (AvgIpc) is 2.84. The van der Waals surface area contributed by atoms with Crippen LogP contribution in [-0.2, 0) is 4.79 Å². The number of nitrogens with zero attached hydrogens (tertiary/aromatic N) is 3. The van der Waals surface area contributed by atoms with Gasteiger partial charge in [-0.05, 0) is 25.8 Å². The molecule has 2 heterocycles. The Morgan fingerprint density at radius 3 is 2.79 bits per heavy atom. The molecule has 2 rings (SSSR count). The lowest BCUT2D eigenvalue weighted by Crippen LogP contribution is -2.56. The molecular weight excluding hydrogens is 246 g/mol. The Kier molecular flexibility index (Phi) is 4.63. The van der Waals surface area contributed by atoms with Gasteiger partial charge in [0.2, 0.25) is 0 Å². The van der Waals surface area contributed by atoms with Crippen molar-refractivity contribution in [3.05, 3.63) is 0 Å². The van der Waals surface area contributed by atoms with E-state index in [1.54, 1.807) is 0 Å². The molecule has 2 aliphatic rings. The number of carboxylic acids is 1. The molecule has 6 nitrogen and oxygen atoms in total. The monoisotopic (exact) mass is 269 g/mol. The number of carbonyl (C=O) groups excluding carboxylic acids is 1. The third kappa shape index (κ3) is 3.37. The van der Waals surface area contributed by atoms with Gasteiger partial charge in [-0.3, -0.25) is 9.69 Å². The van der Waals surface area contributed by atoms with Gasteiger partial charge in [0.25, 0.3) is 0 Å². The molecule has 2 amide bonds. The van der Waals surface area contributed by atoms with Gasteiger partial charge in [-0.1, -0.05) is 6.92 Å².